The summed E-state index contributed by atoms with van der Waals surface area (Å²) in [5, 5.41) is 0.573. The van der Waals surface area contributed by atoms with E-state index in [-0.39, 0.29) is 6.10 Å². The number of hydrogen-bond donors (Lipinski definition) is 0. The molecular weight excluding hydrogens is 269 g/mol. The van der Waals surface area contributed by atoms with Crippen LogP contribution in [0.2, 0.25) is 5.02 Å². The molecule has 0 aliphatic heterocycles. The first-order valence-electron chi connectivity index (χ1n) is 4.10. The predicted molar refractivity (Wildman–Crippen MR) is 58.9 cm³/mol. The van der Waals surface area contributed by atoms with Crippen molar-refractivity contribution in [3.05, 3.63) is 21.8 Å². The fourth-order valence-corrected chi connectivity index (χ4v) is 1.68. The molecule has 1 unspecified atom stereocenters. The lowest BCUT2D eigenvalue weighted by molar-refractivity contribution is 0.0884. The highest BCUT2D eigenvalue weighted by Crippen LogP contribution is 2.25. The van der Waals surface area contributed by atoms with E-state index in [4.69, 9.17) is 21.1 Å². The Balaban J connectivity index is 2.67. The molecule has 5 heteroatoms. The molecule has 0 saturated carbocycles. The number of aromatic nitrogens is 1. The van der Waals surface area contributed by atoms with E-state index in [0.29, 0.717) is 17.5 Å². The zero-order chi connectivity index (χ0) is 10.6. The Kier molecular flexibility index (Phi) is 4.65. The zero-order valence-corrected chi connectivity index (χ0v) is 10.3. The zero-order valence-electron chi connectivity index (χ0n) is 7.96. The van der Waals surface area contributed by atoms with Crippen LogP contribution in [0.5, 0.6) is 5.88 Å². The summed E-state index contributed by atoms with van der Waals surface area (Å²) in [5.74, 6) is 0.527. The normalized spacial score (nSPS) is 12.6. The topological polar surface area (TPSA) is 31.4 Å². The molecule has 0 amide bonds. The van der Waals surface area contributed by atoms with E-state index in [2.05, 4.69) is 20.9 Å². The number of hydrogen-bond acceptors (Lipinski definition) is 3. The fraction of sp³-hybridized carbons (Fsp3) is 0.444. The Bertz CT molecular complexity index is 309. The van der Waals surface area contributed by atoms with Gasteiger partial charge in [-0.05, 0) is 28.9 Å². The lowest BCUT2D eigenvalue weighted by Gasteiger charge is -2.13. The van der Waals surface area contributed by atoms with Crippen molar-refractivity contribution < 1.29 is 9.47 Å². The summed E-state index contributed by atoms with van der Waals surface area (Å²) in [6, 6.07) is 1.74. The number of rotatable bonds is 4. The van der Waals surface area contributed by atoms with Crippen LogP contribution in [0, 0.1) is 0 Å². The molecule has 0 aliphatic carbocycles. The third-order valence-electron chi connectivity index (χ3n) is 1.49. The van der Waals surface area contributed by atoms with Crippen LogP contribution >= 0.6 is 27.5 Å². The van der Waals surface area contributed by atoms with Crippen LogP contribution in [-0.4, -0.2) is 24.8 Å². The second-order valence-electron chi connectivity index (χ2n) is 2.82. The van der Waals surface area contributed by atoms with Gasteiger partial charge in [-0.15, -0.1) is 0 Å². The molecule has 1 aromatic heterocycles. The van der Waals surface area contributed by atoms with Crippen LogP contribution < -0.4 is 4.74 Å². The highest BCUT2D eigenvalue weighted by atomic mass is 79.9. The van der Waals surface area contributed by atoms with Crippen molar-refractivity contribution >= 4 is 27.5 Å². The summed E-state index contributed by atoms with van der Waals surface area (Å²) in [7, 11) is 1.63. The molecule has 1 heterocycles. The summed E-state index contributed by atoms with van der Waals surface area (Å²) < 4.78 is 11.2. The van der Waals surface area contributed by atoms with Crippen molar-refractivity contribution in [3.8, 4) is 5.88 Å². The van der Waals surface area contributed by atoms with Crippen molar-refractivity contribution in [2.75, 3.05) is 13.7 Å². The minimum absolute atomic E-state index is 0.0371. The second-order valence-corrected chi connectivity index (χ2v) is 4.12. The maximum absolute atomic E-state index is 5.74. The van der Waals surface area contributed by atoms with E-state index in [1.165, 1.54) is 0 Å². The van der Waals surface area contributed by atoms with Crippen molar-refractivity contribution in [2.24, 2.45) is 0 Å². The average Bonchev–Trinajstić information content (AvgIpc) is 2.10. The number of nitrogens with zero attached hydrogens (tertiary/aromatic N) is 1. The Morgan fingerprint density at radius 2 is 2.36 bits per heavy atom. The summed E-state index contributed by atoms with van der Waals surface area (Å²) in [6.07, 6.45) is 1.51. The molecule has 1 rings (SSSR count). The van der Waals surface area contributed by atoms with Gasteiger partial charge in [0.25, 0.3) is 0 Å². The molecule has 0 fully saturated rings. The molecule has 1 aromatic rings. The minimum Gasteiger partial charge on any atom is -0.471 e. The van der Waals surface area contributed by atoms with Gasteiger partial charge in [-0.2, -0.15) is 0 Å². The minimum atomic E-state index is -0.0371. The largest absolute Gasteiger partial charge is 0.471 e. The van der Waals surface area contributed by atoms with Gasteiger partial charge < -0.3 is 9.47 Å². The average molecular weight is 281 g/mol. The molecule has 0 aliphatic rings. The quantitative estimate of drug-likeness (QED) is 0.850. The molecule has 0 radical (unpaired) electrons. The Morgan fingerprint density at radius 1 is 1.64 bits per heavy atom. The summed E-state index contributed by atoms with van der Waals surface area (Å²) in [5.41, 5.74) is 0. The Labute approximate surface area is 96.5 Å². The van der Waals surface area contributed by atoms with Gasteiger partial charge >= 0.3 is 0 Å². The Hall–Kier alpha value is -0.320. The molecular formula is C9H11BrClNO2. The van der Waals surface area contributed by atoms with Crippen LogP contribution in [0.1, 0.15) is 6.92 Å². The van der Waals surface area contributed by atoms with Crippen LogP contribution in [0.4, 0.5) is 0 Å². The van der Waals surface area contributed by atoms with Gasteiger partial charge in [0.05, 0.1) is 16.1 Å². The van der Waals surface area contributed by atoms with E-state index in [1.54, 1.807) is 19.4 Å². The van der Waals surface area contributed by atoms with Gasteiger partial charge in [0.1, 0.15) is 6.10 Å². The third kappa shape index (κ3) is 3.44. The lowest BCUT2D eigenvalue weighted by Crippen LogP contribution is -2.18. The number of halogens is 2. The molecule has 0 spiro atoms. The first-order chi connectivity index (χ1) is 6.63. The molecule has 78 valence electrons. The highest BCUT2D eigenvalue weighted by Gasteiger charge is 2.08. The van der Waals surface area contributed by atoms with Crippen LogP contribution in [0.3, 0.4) is 0 Å². The van der Waals surface area contributed by atoms with Crippen molar-refractivity contribution in [3.63, 3.8) is 0 Å². The predicted octanol–water partition coefficient (Wildman–Crippen LogP) is 2.91. The first-order valence-corrected chi connectivity index (χ1v) is 5.27. The van der Waals surface area contributed by atoms with Crippen molar-refractivity contribution in [1.29, 1.82) is 0 Å². The molecule has 14 heavy (non-hydrogen) atoms. The summed E-state index contributed by atoms with van der Waals surface area (Å²) >= 11 is 9.06. The van der Waals surface area contributed by atoms with Gasteiger partial charge in [-0.1, -0.05) is 11.6 Å². The van der Waals surface area contributed by atoms with E-state index < -0.39 is 0 Å². The smallest absolute Gasteiger partial charge is 0.228 e. The first kappa shape index (κ1) is 11.8. The summed E-state index contributed by atoms with van der Waals surface area (Å²) in [4.78, 5) is 4.04. The third-order valence-corrected chi connectivity index (χ3v) is 2.26. The molecule has 1 atom stereocenters. The number of ether oxygens (including phenoxy) is 2. The molecule has 0 aromatic carbocycles. The number of methoxy groups -OCH3 is 1. The van der Waals surface area contributed by atoms with E-state index >= 15 is 0 Å². The van der Waals surface area contributed by atoms with E-state index in [9.17, 15) is 0 Å². The van der Waals surface area contributed by atoms with Gasteiger partial charge in [0.2, 0.25) is 5.88 Å². The standard InChI is InChI=1S/C9H11BrClNO2/c1-6(5-13-2)14-9-8(10)3-7(11)4-12-9/h3-4,6H,5H2,1-2H3. The maximum Gasteiger partial charge on any atom is 0.228 e. The number of pyridine rings is 1. The lowest BCUT2D eigenvalue weighted by atomic mass is 10.4. The van der Waals surface area contributed by atoms with E-state index in [0.717, 1.165) is 4.47 Å². The monoisotopic (exact) mass is 279 g/mol. The van der Waals surface area contributed by atoms with E-state index in [1.807, 2.05) is 6.92 Å². The van der Waals surface area contributed by atoms with Crippen LogP contribution in [-0.2, 0) is 4.74 Å². The molecule has 0 saturated heterocycles. The molecule has 0 N–H and O–H groups in total. The van der Waals surface area contributed by atoms with Gasteiger partial charge in [0.15, 0.2) is 0 Å². The van der Waals surface area contributed by atoms with Crippen molar-refractivity contribution in [1.82, 2.24) is 4.98 Å². The molecule has 0 bridgehead atoms. The van der Waals surface area contributed by atoms with Gasteiger partial charge in [0, 0.05) is 13.3 Å². The highest BCUT2D eigenvalue weighted by molar-refractivity contribution is 9.10. The Morgan fingerprint density at radius 3 is 2.93 bits per heavy atom. The molecule has 3 nitrogen and oxygen atoms in total. The second kappa shape index (κ2) is 5.53. The summed E-state index contributed by atoms with van der Waals surface area (Å²) in [6.45, 7) is 2.43. The van der Waals surface area contributed by atoms with Crippen LogP contribution in [0.25, 0.3) is 0 Å². The van der Waals surface area contributed by atoms with Crippen LogP contribution in [0.15, 0.2) is 16.7 Å². The van der Waals surface area contributed by atoms with Gasteiger partial charge in [-0.3, -0.25) is 0 Å². The maximum atomic E-state index is 5.74. The van der Waals surface area contributed by atoms with Gasteiger partial charge in [-0.25, -0.2) is 4.98 Å². The SMILES string of the molecule is COCC(C)Oc1ncc(Cl)cc1Br. The fourth-order valence-electron chi connectivity index (χ4n) is 0.948. The van der Waals surface area contributed by atoms with Crippen molar-refractivity contribution in [2.45, 2.75) is 13.0 Å².